The number of methoxy groups -OCH3 is 1. The van der Waals surface area contributed by atoms with Crippen molar-refractivity contribution in [3.05, 3.63) is 70.8 Å². The molecule has 5 nitrogen and oxygen atoms in total. The second-order valence-corrected chi connectivity index (χ2v) is 6.11. The quantitative estimate of drug-likeness (QED) is 0.733. The summed E-state index contributed by atoms with van der Waals surface area (Å²) in [6.45, 7) is 2.13. The molecule has 26 heavy (non-hydrogen) atoms. The van der Waals surface area contributed by atoms with Crippen LogP contribution >= 0.6 is 11.6 Å². The van der Waals surface area contributed by atoms with E-state index in [9.17, 15) is 9.59 Å². The molecule has 0 saturated carbocycles. The largest absolute Gasteiger partial charge is 0.497 e. The number of hydrogen-bond donors (Lipinski definition) is 2. The Balaban J connectivity index is 1.79. The molecule has 0 aromatic heterocycles. The van der Waals surface area contributed by atoms with Gasteiger partial charge in [0.1, 0.15) is 5.75 Å². The van der Waals surface area contributed by atoms with Crippen molar-refractivity contribution in [2.45, 2.75) is 13.5 Å². The SMILES string of the molecule is COc1ccc(/C(C)=C/C(=O)NCC(=O)NCc2ccc(Cl)cc2)cc1. The molecule has 2 rings (SSSR count). The monoisotopic (exact) mass is 372 g/mol. The fraction of sp³-hybridized carbons (Fsp3) is 0.200. The van der Waals surface area contributed by atoms with Crippen LogP contribution in [0.5, 0.6) is 5.75 Å². The van der Waals surface area contributed by atoms with Gasteiger partial charge in [0.05, 0.1) is 13.7 Å². The first-order valence-electron chi connectivity index (χ1n) is 8.09. The van der Waals surface area contributed by atoms with Crippen LogP contribution in [0.3, 0.4) is 0 Å². The Bertz CT molecular complexity index is 784. The Morgan fingerprint density at radius 2 is 1.69 bits per heavy atom. The average Bonchev–Trinajstić information content (AvgIpc) is 2.66. The van der Waals surface area contributed by atoms with E-state index in [-0.39, 0.29) is 18.4 Å². The summed E-state index contributed by atoms with van der Waals surface area (Å²) in [6.07, 6.45) is 1.47. The standard InChI is InChI=1S/C20H21ClN2O3/c1-14(16-5-9-18(26-2)10-6-16)11-19(24)23-13-20(25)22-12-15-3-7-17(21)8-4-15/h3-11H,12-13H2,1-2H3,(H,22,25)(H,23,24)/b14-11+. The summed E-state index contributed by atoms with van der Waals surface area (Å²) in [5, 5.41) is 5.96. The topological polar surface area (TPSA) is 67.4 Å². The minimum Gasteiger partial charge on any atom is -0.497 e. The van der Waals surface area contributed by atoms with E-state index in [2.05, 4.69) is 10.6 Å². The molecule has 0 heterocycles. The first kappa shape index (κ1) is 19.5. The van der Waals surface area contributed by atoms with Crippen molar-refractivity contribution in [1.29, 1.82) is 0 Å². The molecule has 2 amide bonds. The van der Waals surface area contributed by atoms with Crippen molar-refractivity contribution in [2.75, 3.05) is 13.7 Å². The first-order chi connectivity index (χ1) is 12.5. The maximum atomic E-state index is 12.0. The molecule has 2 N–H and O–H groups in total. The summed E-state index contributed by atoms with van der Waals surface area (Å²) in [7, 11) is 1.60. The second kappa shape index (κ2) is 9.63. The van der Waals surface area contributed by atoms with Gasteiger partial charge in [0.25, 0.3) is 0 Å². The van der Waals surface area contributed by atoms with Crippen molar-refractivity contribution in [3.63, 3.8) is 0 Å². The van der Waals surface area contributed by atoms with Crippen LogP contribution < -0.4 is 15.4 Å². The number of allylic oxidation sites excluding steroid dienone is 1. The molecular formula is C20H21ClN2O3. The van der Waals surface area contributed by atoms with Crippen molar-refractivity contribution in [1.82, 2.24) is 10.6 Å². The van der Waals surface area contributed by atoms with Gasteiger partial charge in [-0.25, -0.2) is 0 Å². The highest BCUT2D eigenvalue weighted by Crippen LogP contribution is 2.17. The summed E-state index contributed by atoms with van der Waals surface area (Å²) >= 11 is 5.81. The van der Waals surface area contributed by atoms with Gasteiger partial charge in [-0.05, 0) is 47.9 Å². The third-order valence-electron chi connectivity index (χ3n) is 3.72. The summed E-state index contributed by atoms with van der Waals surface area (Å²) in [5.74, 6) is 0.173. The van der Waals surface area contributed by atoms with E-state index in [0.717, 1.165) is 22.4 Å². The molecular weight excluding hydrogens is 352 g/mol. The molecule has 0 bridgehead atoms. The number of benzene rings is 2. The highest BCUT2D eigenvalue weighted by Gasteiger charge is 2.05. The van der Waals surface area contributed by atoms with Crippen molar-refractivity contribution in [3.8, 4) is 5.75 Å². The van der Waals surface area contributed by atoms with Gasteiger partial charge in [-0.15, -0.1) is 0 Å². The van der Waals surface area contributed by atoms with E-state index in [0.29, 0.717) is 11.6 Å². The Hall–Kier alpha value is -2.79. The fourth-order valence-corrected chi connectivity index (χ4v) is 2.34. The second-order valence-electron chi connectivity index (χ2n) is 5.68. The summed E-state index contributed by atoms with van der Waals surface area (Å²) in [6, 6.07) is 14.6. The molecule has 2 aromatic rings. The smallest absolute Gasteiger partial charge is 0.244 e. The van der Waals surface area contributed by atoms with Gasteiger partial charge < -0.3 is 15.4 Å². The zero-order valence-electron chi connectivity index (χ0n) is 14.7. The van der Waals surface area contributed by atoms with Crippen molar-refractivity contribution < 1.29 is 14.3 Å². The normalized spacial score (nSPS) is 11.0. The van der Waals surface area contributed by atoms with Gasteiger partial charge in [-0.3, -0.25) is 9.59 Å². The number of carbonyl (C=O) groups is 2. The minimum absolute atomic E-state index is 0.0845. The van der Waals surface area contributed by atoms with Crippen LogP contribution in [-0.2, 0) is 16.1 Å². The lowest BCUT2D eigenvalue weighted by Gasteiger charge is -2.07. The number of halogens is 1. The molecule has 0 saturated heterocycles. The van der Waals surface area contributed by atoms with Gasteiger partial charge in [-0.1, -0.05) is 35.9 Å². The fourth-order valence-electron chi connectivity index (χ4n) is 2.22. The zero-order chi connectivity index (χ0) is 18.9. The van der Waals surface area contributed by atoms with Crippen LogP contribution in [0, 0.1) is 0 Å². The first-order valence-corrected chi connectivity index (χ1v) is 8.47. The third kappa shape index (κ3) is 6.26. The molecule has 0 unspecified atom stereocenters. The van der Waals surface area contributed by atoms with Gasteiger partial charge in [0.15, 0.2) is 0 Å². The maximum Gasteiger partial charge on any atom is 0.244 e. The third-order valence-corrected chi connectivity index (χ3v) is 3.97. The number of ether oxygens (including phenoxy) is 1. The maximum absolute atomic E-state index is 12.0. The predicted molar refractivity (Wildman–Crippen MR) is 103 cm³/mol. The van der Waals surface area contributed by atoms with Gasteiger partial charge in [0.2, 0.25) is 11.8 Å². The van der Waals surface area contributed by atoms with Gasteiger partial charge in [0, 0.05) is 17.6 Å². The van der Waals surface area contributed by atoms with E-state index in [1.807, 2.05) is 43.3 Å². The predicted octanol–water partition coefficient (Wildman–Crippen LogP) is 3.18. The Labute approximate surface area is 158 Å². The highest BCUT2D eigenvalue weighted by molar-refractivity contribution is 6.30. The minimum atomic E-state index is -0.319. The number of nitrogens with one attached hydrogen (secondary N) is 2. The summed E-state index contributed by atoms with van der Waals surface area (Å²) in [4.78, 5) is 23.8. The number of hydrogen-bond acceptors (Lipinski definition) is 3. The van der Waals surface area contributed by atoms with Crippen molar-refractivity contribution >= 4 is 29.0 Å². The summed E-state index contributed by atoms with van der Waals surface area (Å²) < 4.78 is 5.11. The van der Waals surface area contributed by atoms with E-state index >= 15 is 0 Å². The van der Waals surface area contributed by atoms with Crippen molar-refractivity contribution in [2.24, 2.45) is 0 Å². The Morgan fingerprint density at radius 3 is 2.31 bits per heavy atom. The molecule has 0 radical (unpaired) electrons. The average molecular weight is 373 g/mol. The molecule has 6 heteroatoms. The lowest BCUT2D eigenvalue weighted by atomic mass is 10.1. The van der Waals surface area contributed by atoms with Gasteiger partial charge >= 0.3 is 0 Å². The van der Waals surface area contributed by atoms with Gasteiger partial charge in [-0.2, -0.15) is 0 Å². The number of rotatable bonds is 7. The molecule has 0 aliphatic carbocycles. The molecule has 0 aliphatic heterocycles. The Kier molecular flexibility index (Phi) is 7.24. The lowest BCUT2D eigenvalue weighted by Crippen LogP contribution is -2.35. The van der Waals surface area contributed by atoms with Crippen LogP contribution in [0.25, 0.3) is 5.57 Å². The van der Waals surface area contributed by atoms with Crippen LogP contribution in [0.4, 0.5) is 0 Å². The highest BCUT2D eigenvalue weighted by atomic mass is 35.5. The summed E-state index contributed by atoms with van der Waals surface area (Å²) in [5.41, 5.74) is 2.64. The molecule has 0 atom stereocenters. The Morgan fingerprint density at radius 1 is 1.04 bits per heavy atom. The molecule has 0 fully saturated rings. The van der Waals surface area contributed by atoms with Crippen LogP contribution in [0.2, 0.25) is 5.02 Å². The van der Waals surface area contributed by atoms with E-state index in [4.69, 9.17) is 16.3 Å². The molecule has 0 spiro atoms. The number of amides is 2. The van der Waals surface area contributed by atoms with Crippen LogP contribution in [0.1, 0.15) is 18.1 Å². The molecule has 0 aliphatic rings. The number of carbonyl (C=O) groups excluding carboxylic acids is 2. The molecule has 136 valence electrons. The van der Waals surface area contributed by atoms with Crippen LogP contribution in [-0.4, -0.2) is 25.5 Å². The van der Waals surface area contributed by atoms with E-state index in [1.165, 1.54) is 6.08 Å². The molecule has 2 aromatic carbocycles. The van der Waals surface area contributed by atoms with E-state index < -0.39 is 0 Å². The zero-order valence-corrected chi connectivity index (χ0v) is 15.5. The lowest BCUT2D eigenvalue weighted by molar-refractivity contribution is -0.124. The van der Waals surface area contributed by atoms with Crippen LogP contribution in [0.15, 0.2) is 54.6 Å². The van der Waals surface area contributed by atoms with E-state index in [1.54, 1.807) is 19.2 Å².